The van der Waals surface area contributed by atoms with Gasteiger partial charge in [-0.2, -0.15) is 0 Å². The Hall–Kier alpha value is -6.64. The Morgan fingerprint density at radius 1 is 0.590 bits per heavy atom. The molecule has 0 aliphatic rings. The van der Waals surface area contributed by atoms with Crippen molar-refractivity contribution in [2.45, 2.75) is 84.7 Å². The number of nitrogens with zero attached hydrogens (tertiary/aromatic N) is 3. The third-order valence-electron chi connectivity index (χ3n) is 8.94. The van der Waals surface area contributed by atoms with Crippen LogP contribution in [0.1, 0.15) is 86.3 Å². The highest BCUT2D eigenvalue weighted by atomic mass is 16.6. The van der Waals surface area contributed by atoms with Gasteiger partial charge in [0.25, 0.3) is 5.91 Å². The number of ether oxygens (including phenoxy) is 4. The van der Waals surface area contributed by atoms with Gasteiger partial charge in [-0.1, -0.05) is 91.0 Å². The molecule has 4 amide bonds. The van der Waals surface area contributed by atoms with Gasteiger partial charge in [0.2, 0.25) is 0 Å². The van der Waals surface area contributed by atoms with E-state index < -0.39 is 23.9 Å². The van der Waals surface area contributed by atoms with Crippen molar-refractivity contribution >= 4 is 36.0 Å². The quantitative estimate of drug-likeness (QED) is 0.0285. The van der Waals surface area contributed by atoms with Gasteiger partial charge >= 0.3 is 24.2 Å². The van der Waals surface area contributed by atoms with Crippen molar-refractivity contribution in [3.8, 4) is 0 Å². The number of unbranched alkanes of at least 4 members (excludes halogenated alkanes) is 2. The molecule has 0 saturated carbocycles. The first kappa shape index (κ1) is 47.0. The lowest BCUT2D eigenvalue weighted by Gasteiger charge is -2.24. The second kappa shape index (κ2) is 25.8. The van der Waals surface area contributed by atoms with Crippen molar-refractivity contribution in [1.29, 1.82) is 0 Å². The lowest BCUT2D eigenvalue weighted by atomic mass is 10.2. The van der Waals surface area contributed by atoms with Crippen LogP contribution in [0.5, 0.6) is 0 Å². The predicted octanol–water partition coefficient (Wildman–Crippen LogP) is 8.02. The molecular formula is C46H58N6O9. The Morgan fingerprint density at radius 2 is 1.07 bits per heavy atom. The van der Waals surface area contributed by atoms with E-state index in [0.717, 1.165) is 16.7 Å². The number of nitrogens with one attached hydrogen (secondary N) is 3. The topological polar surface area (TPSA) is 178 Å². The molecule has 3 N–H and O–H groups in total. The fourth-order valence-electron chi connectivity index (χ4n) is 5.79. The van der Waals surface area contributed by atoms with Crippen molar-refractivity contribution in [3.63, 3.8) is 0 Å². The minimum Gasteiger partial charge on any atom is -0.461 e. The van der Waals surface area contributed by atoms with Crippen LogP contribution in [0.3, 0.4) is 0 Å². The molecule has 0 radical (unpaired) electrons. The molecule has 0 aliphatic heterocycles. The van der Waals surface area contributed by atoms with E-state index in [0.29, 0.717) is 69.7 Å². The molecule has 0 aliphatic carbocycles. The fraction of sp³-hybridized carbons (Fsp3) is 0.391. The van der Waals surface area contributed by atoms with Gasteiger partial charge in [-0.15, -0.1) is 0 Å². The number of hydrogen-bond donors (Lipinski definition) is 3. The number of hydrogen-bond acceptors (Lipinski definition) is 11. The first-order valence-electron chi connectivity index (χ1n) is 20.6. The molecule has 0 unspecified atom stereocenters. The Labute approximate surface area is 358 Å². The zero-order valence-corrected chi connectivity index (χ0v) is 35.3. The van der Waals surface area contributed by atoms with Gasteiger partial charge in [0, 0.05) is 45.3 Å². The van der Waals surface area contributed by atoms with Crippen LogP contribution in [-0.2, 0) is 43.6 Å². The molecule has 15 heteroatoms. The van der Waals surface area contributed by atoms with E-state index in [2.05, 4.69) is 21.2 Å². The number of rotatable bonds is 23. The average molecular weight is 839 g/mol. The van der Waals surface area contributed by atoms with Crippen LogP contribution in [0.2, 0.25) is 0 Å². The first-order chi connectivity index (χ1) is 29.4. The van der Waals surface area contributed by atoms with E-state index in [4.69, 9.17) is 18.9 Å². The summed E-state index contributed by atoms with van der Waals surface area (Å²) in [5.41, 5.74) is 7.33. The molecule has 326 valence electrons. The van der Waals surface area contributed by atoms with E-state index in [1.807, 2.05) is 91.0 Å². The summed E-state index contributed by atoms with van der Waals surface area (Å²) in [6.07, 6.45) is 2.71. The molecule has 4 aromatic rings. The second-order valence-corrected chi connectivity index (χ2v) is 15.2. The molecule has 0 bridgehead atoms. The van der Waals surface area contributed by atoms with Gasteiger partial charge in [0.1, 0.15) is 31.2 Å². The standard InChI is InChI=1S/C46H58N6O9/c1-46(2,3)61-43(55)50-49-40-26-25-39(32-48-40)42(54)47-27-17-31-52(45(57)60-35-38-22-11-6-12-23-38)30-16-15-29-51(44(56)59-34-37-20-9-5-10-21-37)28-14-13-24-41(53)58-33-36-18-7-4-8-19-36/h4-12,18-23,25-26,32H,13-17,24,27-31,33-35H2,1-3H3,(H,47,54)(H,48,49)(H,50,55). The number of esters is 1. The summed E-state index contributed by atoms with van der Waals surface area (Å²) in [5.74, 6) is -0.327. The molecule has 0 saturated heterocycles. The number of anilines is 1. The van der Waals surface area contributed by atoms with Crippen molar-refractivity contribution < 1.29 is 42.9 Å². The van der Waals surface area contributed by atoms with E-state index in [1.54, 1.807) is 42.7 Å². The molecule has 61 heavy (non-hydrogen) atoms. The zero-order valence-electron chi connectivity index (χ0n) is 35.3. The van der Waals surface area contributed by atoms with Crippen LogP contribution in [0, 0.1) is 0 Å². The van der Waals surface area contributed by atoms with Crippen LogP contribution >= 0.6 is 0 Å². The Kier molecular flexibility index (Phi) is 19.9. The van der Waals surface area contributed by atoms with Gasteiger partial charge in [-0.25, -0.2) is 24.8 Å². The highest BCUT2D eigenvalue weighted by Gasteiger charge is 2.19. The lowest BCUT2D eigenvalue weighted by molar-refractivity contribution is -0.145. The summed E-state index contributed by atoms with van der Waals surface area (Å²) in [6, 6.07) is 31.4. The maximum atomic E-state index is 13.3. The molecule has 0 fully saturated rings. The third-order valence-corrected chi connectivity index (χ3v) is 8.94. The summed E-state index contributed by atoms with van der Waals surface area (Å²) in [7, 11) is 0. The summed E-state index contributed by atoms with van der Waals surface area (Å²) < 4.78 is 21.9. The number of pyridine rings is 1. The molecule has 1 aromatic heterocycles. The second-order valence-electron chi connectivity index (χ2n) is 15.2. The van der Waals surface area contributed by atoms with Crippen molar-refractivity contribution in [2.24, 2.45) is 0 Å². The molecule has 0 atom stereocenters. The van der Waals surface area contributed by atoms with Crippen LogP contribution in [0.25, 0.3) is 0 Å². The predicted molar refractivity (Wildman–Crippen MR) is 230 cm³/mol. The molecule has 1 heterocycles. The van der Waals surface area contributed by atoms with Crippen molar-refractivity contribution in [3.05, 3.63) is 132 Å². The van der Waals surface area contributed by atoms with E-state index in [-0.39, 0.29) is 44.7 Å². The number of carbonyl (C=O) groups excluding carboxylic acids is 5. The van der Waals surface area contributed by atoms with Gasteiger partial charge < -0.3 is 34.1 Å². The minimum absolute atomic E-state index is 0.110. The number of hydrazine groups is 1. The molecular weight excluding hydrogens is 781 g/mol. The highest BCUT2D eigenvalue weighted by molar-refractivity contribution is 5.94. The smallest absolute Gasteiger partial charge is 0.426 e. The molecule has 4 rings (SSSR count). The van der Waals surface area contributed by atoms with Crippen LogP contribution in [-0.4, -0.2) is 83.3 Å². The van der Waals surface area contributed by atoms with Crippen LogP contribution < -0.4 is 16.2 Å². The van der Waals surface area contributed by atoms with Gasteiger partial charge in [-0.05, 0) is 81.7 Å². The highest BCUT2D eigenvalue weighted by Crippen LogP contribution is 2.12. The molecule has 3 aromatic carbocycles. The van der Waals surface area contributed by atoms with Crippen molar-refractivity contribution in [2.75, 3.05) is 38.1 Å². The fourth-order valence-corrected chi connectivity index (χ4v) is 5.79. The summed E-state index contributed by atoms with van der Waals surface area (Å²) in [6.45, 7) is 7.43. The van der Waals surface area contributed by atoms with Gasteiger partial charge in [0.05, 0.1) is 5.56 Å². The number of benzene rings is 3. The maximum absolute atomic E-state index is 13.3. The van der Waals surface area contributed by atoms with E-state index in [1.165, 1.54) is 6.20 Å². The summed E-state index contributed by atoms with van der Waals surface area (Å²) in [5, 5.41) is 2.86. The largest absolute Gasteiger partial charge is 0.461 e. The monoisotopic (exact) mass is 838 g/mol. The first-order valence-corrected chi connectivity index (χ1v) is 20.6. The Morgan fingerprint density at radius 3 is 1.54 bits per heavy atom. The number of amides is 4. The SMILES string of the molecule is CC(C)(C)OC(=O)NNc1ccc(C(=O)NCCCN(CCCCN(CCCCC(=O)OCc2ccccc2)C(=O)OCc2ccccc2)C(=O)OCc2ccccc2)cn1. The number of carbonyl (C=O) groups is 5. The van der Waals surface area contributed by atoms with E-state index >= 15 is 0 Å². The summed E-state index contributed by atoms with van der Waals surface area (Å²) in [4.78, 5) is 71.1. The average Bonchev–Trinajstić information content (AvgIpc) is 3.26. The van der Waals surface area contributed by atoms with Gasteiger partial charge in [-0.3, -0.25) is 15.0 Å². The maximum Gasteiger partial charge on any atom is 0.426 e. The zero-order chi connectivity index (χ0) is 43.7. The third kappa shape index (κ3) is 19.3. The van der Waals surface area contributed by atoms with E-state index in [9.17, 15) is 24.0 Å². The normalized spacial score (nSPS) is 10.8. The number of aromatic nitrogens is 1. The Bertz CT molecular complexity index is 1930. The minimum atomic E-state index is -0.669. The summed E-state index contributed by atoms with van der Waals surface area (Å²) >= 11 is 0. The molecule has 15 nitrogen and oxygen atoms in total. The van der Waals surface area contributed by atoms with Crippen molar-refractivity contribution in [1.82, 2.24) is 25.5 Å². The van der Waals surface area contributed by atoms with Crippen LogP contribution in [0.15, 0.2) is 109 Å². The molecule has 0 spiro atoms. The lowest BCUT2D eigenvalue weighted by Crippen LogP contribution is -2.37. The van der Waals surface area contributed by atoms with Gasteiger partial charge in [0.15, 0.2) is 0 Å². The van der Waals surface area contributed by atoms with Crippen LogP contribution in [0.4, 0.5) is 20.2 Å². The Balaban J connectivity index is 1.26.